The van der Waals surface area contributed by atoms with Crippen molar-refractivity contribution in [2.24, 2.45) is 0 Å². The first-order valence-corrected chi connectivity index (χ1v) is 8.87. The molecule has 4 nitrogen and oxygen atoms in total. The van der Waals surface area contributed by atoms with E-state index in [1.807, 2.05) is 31.1 Å². The van der Waals surface area contributed by atoms with E-state index in [4.69, 9.17) is 4.74 Å². The van der Waals surface area contributed by atoms with Crippen molar-refractivity contribution in [3.63, 3.8) is 0 Å². The first-order valence-electron chi connectivity index (χ1n) is 8.87. The second kappa shape index (κ2) is 7.99. The lowest BCUT2D eigenvalue weighted by atomic mass is 9.94. The van der Waals surface area contributed by atoms with E-state index in [0.29, 0.717) is 12.3 Å². The highest BCUT2D eigenvalue weighted by molar-refractivity contribution is 5.96. The molecule has 0 unspecified atom stereocenters. The number of nitrogens with zero attached hydrogens (tertiary/aromatic N) is 1. The lowest BCUT2D eigenvalue weighted by Gasteiger charge is -2.15. The maximum Gasteiger partial charge on any atom is 0.412 e. The van der Waals surface area contributed by atoms with Gasteiger partial charge in [0.2, 0.25) is 0 Å². The minimum atomic E-state index is -0.405. The minimum absolute atomic E-state index is 0. The Bertz CT molecular complexity index is 1070. The van der Waals surface area contributed by atoms with Gasteiger partial charge in [0, 0.05) is 13.1 Å². The quantitative estimate of drug-likeness (QED) is 0.883. The number of carbonyl (C=O) groups is 1. The van der Waals surface area contributed by atoms with E-state index >= 15 is 0 Å². The standard InChI is InChI=1S/C22H22N2O2.ClH/c1-24(2)13-12-23-22(25)26-17-8-11-19-16(14-17)7-10-20-18-5-3-4-15(18)6-9-21(19)20;/h3-10,14H,11-13H2,1-2H3,(H,23,25);1H. The molecule has 4 rings (SSSR count). The third-order valence-corrected chi connectivity index (χ3v) is 4.81. The summed E-state index contributed by atoms with van der Waals surface area (Å²) in [5.41, 5.74) is 2.57. The average Bonchev–Trinajstić information content (AvgIpc) is 3.09. The Morgan fingerprint density at radius 1 is 1.15 bits per heavy atom. The zero-order valence-electron chi connectivity index (χ0n) is 15.5. The molecule has 0 heterocycles. The predicted molar refractivity (Wildman–Crippen MR) is 113 cm³/mol. The molecule has 0 radical (unpaired) electrons. The number of hydrogen-bond donors (Lipinski definition) is 1. The van der Waals surface area contributed by atoms with E-state index < -0.39 is 6.09 Å². The number of carbonyl (C=O) groups excluding carboxylic acids is 1. The third kappa shape index (κ3) is 3.92. The Balaban J connectivity index is 0.00000210. The molecule has 0 spiro atoms. The van der Waals surface area contributed by atoms with Crippen molar-refractivity contribution in [2.45, 2.75) is 6.42 Å². The van der Waals surface area contributed by atoms with Gasteiger partial charge in [-0.3, -0.25) is 0 Å². The first kappa shape index (κ1) is 19.2. The topological polar surface area (TPSA) is 41.6 Å². The van der Waals surface area contributed by atoms with Gasteiger partial charge in [-0.25, -0.2) is 4.79 Å². The fourth-order valence-electron chi connectivity index (χ4n) is 3.48. The van der Waals surface area contributed by atoms with Gasteiger partial charge in [0.05, 0.1) is 0 Å². The Morgan fingerprint density at radius 3 is 2.74 bits per heavy atom. The van der Waals surface area contributed by atoms with Crippen molar-refractivity contribution < 1.29 is 9.53 Å². The molecule has 2 aliphatic carbocycles. The number of fused-ring (bicyclic) bond motifs is 5. The second-order valence-corrected chi connectivity index (χ2v) is 6.90. The summed E-state index contributed by atoms with van der Waals surface area (Å²) in [6, 6.07) is 8.64. The summed E-state index contributed by atoms with van der Waals surface area (Å²) in [6.45, 7) is 1.35. The first-order chi connectivity index (χ1) is 12.6. The number of rotatable bonds is 4. The normalized spacial score (nSPS) is 13.8. The molecule has 0 bridgehead atoms. The van der Waals surface area contributed by atoms with E-state index in [1.165, 1.54) is 27.1 Å². The van der Waals surface area contributed by atoms with E-state index in [1.54, 1.807) is 0 Å². The molecule has 140 valence electrons. The predicted octanol–water partition coefficient (Wildman–Crippen LogP) is 2.58. The zero-order chi connectivity index (χ0) is 18.1. The van der Waals surface area contributed by atoms with Crippen molar-refractivity contribution in [2.75, 3.05) is 27.2 Å². The van der Waals surface area contributed by atoms with Gasteiger partial charge in [-0.1, -0.05) is 42.5 Å². The summed E-state index contributed by atoms with van der Waals surface area (Å²) in [7, 11) is 3.93. The van der Waals surface area contributed by atoms with E-state index in [0.717, 1.165) is 18.2 Å². The van der Waals surface area contributed by atoms with Crippen LogP contribution in [0.2, 0.25) is 0 Å². The molecule has 2 aromatic carbocycles. The molecule has 0 saturated carbocycles. The Kier molecular flexibility index (Phi) is 5.68. The van der Waals surface area contributed by atoms with Crippen LogP contribution in [0.15, 0.2) is 42.2 Å². The molecule has 0 aromatic heterocycles. The summed E-state index contributed by atoms with van der Waals surface area (Å²) in [5.74, 6) is 0.605. The second-order valence-electron chi connectivity index (χ2n) is 6.90. The number of ether oxygens (including phenoxy) is 1. The fraction of sp³-hybridized carbons (Fsp3) is 0.227. The molecule has 27 heavy (non-hydrogen) atoms. The third-order valence-electron chi connectivity index (χ3n) is 4.81. The molecule has 2 aromatic rings. The van der Waals surface area contributed by atoms with Crippen LogP contribution in [0, 0.1) is 0 Å². The molecule has 0 atom stereocenters. The van der Waals surface area contributed by atoms with Gasteiger partial charge in [0.15, 0.2) is 0 Å². The number of hydrogen-bond acceptors (Lipinski definition) is 3. The molecular weight excluding hydrogens is 360 g/mol. The molecule has 0 fully saturated rings. The Morgan fingerprint density at radius 2 is 1.93 bits per heavy atom. The lowest BCUT2D eigenvalue weighted by molar-refractivity contribution is 0.179. The molecule has 0 saturated heterocycles. The van der Waals surface area contributed by atoms with Crippen LogP contribution < -0.4 is 15.8 Å². The van der Waals surface area contributed by atoms with E-state index in [2.05, 4.69) is 47.8 Å². The van der Waals surface area contributed by atoms with Crippen LogP contribution in [0.1, 0.15) is 11.1 Å². The van der Waals surface area contributed by atoms with Crippen LogP contribution in [-0.4, -0.2) is 38.2 Å². The monoisotopic (exact) mass is 382 g/mol. The molecule has 5 heteroatoms. The van der Waals surface area contributed by atoms with Gasteiger partial charge in [-0.2, -0.15) is 0 Å². The number of likely N-dealkylation sites (N-methyl/N-ethyl adjacent to an activating group) is 1. The van der Waals surface area contributed by atoms with Crippen molar-refractivity contribution in [3.8, 4) is 0 Å². The van der Waals surface area contributed by atoms with Crippen molar-refractivity contribution in [1.29, 1.82) is 0 Å². The van der Waals surface area contributed by atoms with Gasteiger partial charge in [-0.05, 0) is 65.0 Å². The molecule has 1 amide bonds. The summed E-state index contributed by atoms with van der Waals surface area (Å²) in [6.07, 6.45) is 10.7. The van der Waals surface area contributed by atoms with Crippen LogP contribution in [0.5, 0.6) is 0 Å². The Labute approximate surface area is 164 Å². The summed E-state index contributed by atoms with van der Waals surface area (Å²) < 4.78 is 5.44. The van der Waals surface area contributed by atoms with Gasteiger partial charge >= 0.3 is 6.09 Å². The van der Waals surface area contributed by atoms with Crippen molar-refractivity contribution >= 4 is 47.5 Å². The van der Waals surface area contributed by atoms with Gasteiger partial charge in [0.1, 0.15) is 5.76 Å². The average molecular weight is 383 g/mol. The number of amides is 1. The maximum absolute atomic E-state index is 11.9. The molecule has 2 aliphatic rings. The highest BCUT2D eigenvalue weighted by atomic mass is 35.5. The smallest absolute Gasteiger partial charge is 0.411 e. The number of allylic oxidation sites excluding steroid dienone is 3. The van der Waals surface area contributed by atoms with Gasteiger partial charge in [0.25, 0.3) is 0 Å². The number of alkyl carbamates (subject to hydrolysis) is 1. The molecule has 1 N–H and O–H groups in total. The van der Waals surface area contributed by atoms with E-state index in [9.17, 15) is 4.79 Å². The van der Waals surface area contributed by atoms with Crippen LogP contribution in [0.25, 0.3) is 29.0 Å². The number of halogens is 1. The Hall–Kier alpha value is -2.56. The van der Waals surface area contributed by atoms with Gasteiger partial charge in [-0.15, -0.1) is 12.4 Å². The van der Waals surface area contributed by atoms with Crippen LogP contribution >= 0.6 is 12.4 Å². The maximum atomic E-state index is 11.9. The van der Waals surface area contributed by atoms with Crippen molar-refractivity contribution in [1.82, 2.24) is 10.2 Å². The minimum Gasteiger partial charge on any atom is -0.411 e. The number of benzene rings is 2. The summed E-state index contributed by atoms with van der Waals surface area (Å²) >= 11 is 0. The van der Waals surface area contributed by atoms with Crippen LogP contribution in [0.3, 0.4) is 0 Å². The summed E-state index contributed by atoms with van der Waals surface area (Å²) in [5, 5.41) is 7.69. The zero-order valence-corrected chi connectivity index (χ0v) is 16.3. The molecular formula is C22H23ClN2O2. The van der Waals surface area contributed by atoms with Gasteiger partial charge < -0.3 is 15.0 Å². The highest BCUT2D eigenvalue weighted by Crippen LogP contribution is 2.23. The van der Waals surface area contributed by atoms with Crippen LogP contribution in [0.4, 0.5) is 4.79 Å². The van der Waals surface area contributed by atoms with Crippen LogP contribution in [-0.2, 0) is 11.2 Å². The molecule has 0 aliphatic heterocycles. The lowest BCUT2D eigenvalue weighted by Crippen LogP contribution is -2.31. The SMILES string of the molecule is CN(C)CCNC(=O)OC1=CCc2c(ccc3c4c(ccc23)=CC=C4)=C1.Cl. The fourth-order valence-corrected chi connectivity index (χ4v) is 3.48. The number of nitrogens with one attached hydrogen (secondary N) is 1. The van der Waals surface area contributed by atoms with E-state index in [-0.39, 0.29) is 12.4 Å². The largest absolute Gasteiger partial charge is 0.412 e. The highest BCUT2D eigenvalue weighted by Gasteiger charge is 2.13. The summed E-state index contributed by atoms with van der Waals surface area (Å²) in [4.78, 5) is 13.9. The van der Waals surface area contributed by atoms with Crippen molar-refractivity contribution in [3.05, 3.63) is 63.7 Å².